The average Bonchev–Trinajstić information content (AvgIpc) is 3.23. The standard InChI is InChI=1S/C28H31NO4/c1-21-10-14-23(15-11-21)27(31)25-9-7-19-29(25)18-6-5-8-22-12-16-24(17-13-22)32-20-26(30)33-28(2,3)4/h5,7-17,19H,6,18,20H2,1-4H3. The molecular formula is C28H31NO4. The van der Waals surface area contributed by atoms with Gasteiger partial charge in [0, 0.05) is 18.3 Å². The smallest absolute Gasteiger partial charge is 0.344 e. The average molecular weight is 446 g/mol. The van der Waals surface area contributed by atoms with Crippen LogP contribution in [-0.2, 0) is 16.1 Å². The molecule has 0 aliphatic rings. The van der Waals surface area contributed by atoms with Gasteiger partial charge in [0.2, 0.25) is 5.78 Å². The van der Waals surface area contributed by atoms with Crippen molar-refractivity contribution in [3.63, 3.8) is 0 Å². The van der Waals surface area contributed by atoms with E-state index in [1.54, 1.807) is 0 Å². The van der Waals surface area contributed by atoms with Crippen LogP contribution in [-0.4, -0.2) is 28.5 Å². The second-order valence-electron chi connectivity index (χ2n) is 8.92. The van der Waals surface area contributed by atoms with Crippen LogP contribution in [0.3, 0.4) is 0 Å². The highest BCUT2D eigenvalue weighted by Gasteiger charge is 2.16. The lowest BCUT2D eigenvalue weighted by Gasteiger charge is -2.19. The number of ketones is 1. The number of hydrogen-bond acceptors (Lipinski definition) is 4. The molecule has 0 fully saturated rings. The highest BCUT2D eigenvalue weighted by Crippen LogP contribution is 2.16. The molecule has 1 heterocycles. The van der Waals surface area contributed by atoms with Crippen molar-refractivity contribution in [3.8, 4) is 5.75 Å². The normalized spacial score (nSPS) is 11.5. The molecule has 0 saturated heterocycles. The van der Waals surface area contributed by atoms with E-state index in [1.807, 2.05) is 105 Å². The zero-order chi connectivity index (χ0) is 23.8. The van der Waals surface area contributed by atoms with E-state index in [2.05, 4.69) is 6.08 Å². The van der Waals surface area contributed by atoms with Crippen LogP contribution < -0.4 is 4.74 Å². The van der Waals surface area contributed by atoms with Gasteiger partial charge in [0.05, 0.1) is 5.69 Å². The first-order chi connectivity index (χ1) is 15.7. The van der Waals surface area contributed by atoms with Crippen LogP contribution in [0, 0.1) is 6.92 Å². The predicted molar refractivity (Wildman–Crippen MR) is 130 cm³/mol. The zero-order valence-electron chi connectivity index (χ0n) is 19.7. The molecule has 172 valence electrons. The van der Waals surface area contributed by atoms with E-state index in [4.69, 9.17) is 9.47 Å². The minimum atomic E-state index is -0.523. The monoisotopic (exact) mass is 445 g/mol. The molecule has 5 heteroatoms. The Kier molecular flexibility index (Phi) is 7.88. The fourth-order valence-corrected chi connectivity index (χ4v) is 3.29. The van der Waals surface area contributed by atoms with Gasteiger partial charge in [-0.3, -0.25) is 4.79 Å². The summed E-state index contributed by atoms with van der Waals surface area (Å²) in [7, 11) is 0. The van der Waals surface area contributed by atoms with Crippen LogP contribution in [0.15, 0.2) is 72.9 Å². The van der Waals surface area contributed by atoms with E-state index in [0.29, 0.717) is 23.6 Å². The molecule has 0 unspecified atom stereocenters. The molecule has 1 aromatic heterocycles. The molecule has 0 aliphatic carbocycles. The second-order valence-corrected chi connectivity index (χ2v) is 8.92. The van der Waals surface area contributed by atoms with E-state index in [1.165, 1.54) is 0 Å². The van der Waals surface area contributed by atoms with E-state index >= 15 is 0 Å². The molecule has 0 bridgehead atoms. The molecular weight excluding hydrogens is 414 g/mol. The van der Waals surface area contributed by atoms with Crippen molar-refractivity contribution >= 4 is 17.8 Å². The number of benzene rings is 2. The molecule has 0 saturated carbocycles. The number of hydrogen-bond donors (Lipinski definition) is 0. The molecule has 3 rings (SSSR count). The fourth-order valence-electron chi connectivity index (χ4n) is 3.29. The number of carbonyl (C=O) groups excluding carboxylic acids is 2. The Balaban J connectivity index is 1.49. The van der Waals surface area contributed by atoms with Gasteiger partial charge in [0.1, 0.15) is 11.4 Å². The van der Waals surface area contributed by atoms with Gasteiger partial charge in [-0.25, -0.2) is 4.79 Å². The summed E-state index contributed by atoms with van der Waals surface area (Å²) in [6, 6.07) is 18.9. The van der Waals surface area contributed by atoms with Crippen LogP contribution in [0.5, 0.6) is 5.75 Å². The van der Waals surface area contributed by atoms with Crippen molar-refractivity contribution in [2.45, 2.75) is 46.3 Å². The number of esters is 1. The van der Waals surface area contributed by atoms with Crippen molar-refractivity contribution in [1.29, 1.82) is 0 Å². The summed E-state index contributed by atoms with van der Waals surface area (Å²) in [5.74, 6) is 0.257. The first-order valence-electron chi connectivity index (χ1n) is 11.1. The summed E-state index contributed by atoms with van der Waals surface area (Å²) in [6.07, 6.45) is 6.84. The summed E-state index contributed by atoms with van der Waals surface area (Å²) in [5.41, 5.74) is 3.03. The topological polar surface area (TPSA) is 57.5 Å². The lowest BCUT2D eigenvalue weighted by atomic mass is 10.1. The molecule has 3 aromatic rings. The minimum Gasteiger partial charge on any atom is -0.482 e. The molecule has 0 N–H and O–H groups in total. The van der Waals surface area contributed by atoms with Crippen molar-refractivity contribution in [1.82, 2.24) is 4.57 Å². The van der Waals surface area contributed by atoms with E-state index in [9.17, 15) is 9.59 Å². The number of ether oxygens (including phenoxy) is 2. The van der Waals surface area contributed by atoms with Gasteiger partial charge in [-0.2, -0.15) is 0 Å². The maximum atomic E-state index is 12.8. The maximum absolute atomic E-state index is 12.8. The third-order valence-electron chi connectivity index (χ3n) is 4.88. The Morgan fingerprint density at radius 3 is 2.33 bits per heavy atom. The molecule has 0 spiro atoms. The lowest BCUT2D eigenvalue weighted by Crippen LogP contribution is -2.27. The number of nitrogens with zero attached hydrogens (tertiary/aromatic N) is 1. The lowest BCUT2D eigenvalue weighted by molar-refractivity contribution is -0.157. The van der Waals surface area contributed by atoms with Gasteiger partial charge < -0.3 is 14.0 Å². The molecule has 5 nitrogen and oxygen atoms in total. The molecule has 0 aliphatic heterocycles. The highest BCUT2D eigenvalue weighted by atomic mass is 16.6. The SMILES string of the molecule is Cc1ccc(C(=O)c2cccn2CCC=Cc2ccc(OCC(=O)OC(C)(C)C)cc2)cc1. The second kappa shape index (κ2) is 10.8. The Morgan fingerprint density at radius 2 is 1.67 bits per heavy atom. The summed E-state index contributed by atoms with van der Waals surface area (Å²) < 4.78 is 12.7. The summed E-state index contributed by atoms with van der Waals surface area (Å²) in [4.78, 5) is 24.6. The first kappa shape index (κ1) is 24.1. The molecule has 0 radical (unpaired) electrons. The zero-order valence-corrected chi connectivity index (χ0v) is 19.7. The van der Waals surface area contributed by atoms with Gasteiger partial charge in [-0.15, -0.1) is 0 Å². The third kappa shape index (κ3) is 7.49. The van der Waals surface area contributed by atoms with Gasteiger partial charge in [-0.05, 0) is 63.9 Å². The van der Waals surface area contributed by atoms with Crippen LogP contribution in [0.25, 0.3) is 6.08 Å². The Hall–Kier alpha value is -3.60. The fraction of sp³-hybridized carbons (Fsp3) is 0.286. The van der Waals surface area contributed by atoms with Gasteiger partial charge in [0.25, 0.3) is 0 Å². The van der Waals surface area contributed by atoms with Gasteiger partial charge in [0.15, 0.2) is 6.61 Å². The Morgan fingerprint density at radius 1 is 0.970 bits per heavy atom. The molecule has 0 atom stereocenters. The van der Waals surface area contributed by atoms with Crippen LogP contribution >= 0.6 is 0 Å². The predicted octanol–water partition coefficient (Wildman–Crippen LogP) is 5.85. The summed E-state index contributed by atoms with van der Waals surface area (Å²) in [6.45, 7) is 8.08. The van der Waals surface area contributed by atoms with E-state index < -0.39 is 11.6 Å². The largest absolute Gasteiger partial charge is 0.482 e. The van der Waals surface area contributed by atoms with Crippen molar-refractivity contribution in [3.05, 3.63) is 95.3 Å². The number of carbonyl (C=O) groups is 2. The minimum absolute atomic E-state index is 0.0333. The quantitative estimate of drug-likeness (QED) is 0.306. The number of aromatic nitrogens is 1. The van der Waals surface area contributed by atoms with Crippen LogP contribution in [0.1, 0.15) is 54.4 Å². The number of aryl methyl sites for hydroxylation is 2. The number of allylic oxidation sites excluding steroid dienone is 1. The van der Waals surface area contributed by atoms with Gasteiger partial charge >= 0.3 is 5.97 Å². The Bertz CT molecular complexity index is 1100. The molecule has 2 aromatic carbocycles. The maximum Gasteiger partial charge on any atom is 0.344 e. The molecule has 0 amide bonds. The van der Waals surface area contributed by atoms with Crippen molar-refractivity contribution < 1.29 is 19.1 Å². The van der Waals surface area contributed by atoms with E-state index in [0.717, 1.165) is 17.5 Å². The van der Waals surface area contributed by atoms with Gasteiger partial charge in [-0.1, -0.05) is 54.1 Å². The van der Waals surface area contributed by atoms with Crippen molar-refractivity contribution in [2.24, 2.45) is 0 Å². The van der Waals surface area contributed by atoms with Crippen LogP contribution in [0.4, 0.5) is 0 Å². The summed E-state index contributed by atoms with van der Waals surface area (Å²) >= 11 is 0. The Labute approximate surface area is 195 Å². The van der Waals surface area contributed by atoms with Crippen LogP contribution in [0.2, 0.25) is 0 Å². The number of rotatable bonds is 9. The highest BCUT2D eigenvalue weighted by molar-refractivity contribution is 6.08. The van der Waals surface area contributed by atoms with Crippen molar-refractivity contribution in [2.75, 3.05) is 6.61 Å². The third-order valence-corrected chi connectivity index (χ3v) is 4.88. The molecule has 33 heavy (non-hydrogen) atoms. The van der Waals surface area contributed by atoms with E-state index in [-0.39, 0.29) is 12.4 Å². The summed E-state index contributed by atoms with van der Waals surface area (Å²) in [5, 5.41) is 0. The first-order valence-corrected chi connectivity index (χ1v) is 11.1.